The number of ether oxygens (including phenoxy) is 1. The van der Waals surface area contributed by atoms with Gasteiger partial charge in [-0.25, -0.2) is 9.58 Å². The molecule has 1 saturated heterocycles. The monoisotopic (exact) mass is 426 g/mol. The molecule has 9 heteroatoms. The number of amides is 2. The van der Waals surface area contributed by atoms with Crippen LogP contribution in [0.15, 0.2) is 48.5 Å². The Balaban J connectivity index is 1.60. The van der Waals surface area contributed by atoms with Crippen molar-refractivity contribution < 1.29 is 14.3 Å². The predicted octanol–water partition coefficient (Wildman–Crippen LogP) is 4.24. The van der Waals surface area contributed by atoms with Crippen molar-refractivity contribution in [2.45, 2.75) is 19.4 Å². The van der Waals surface area contributed by atoms with Gasteiger partial charge in [0.2, 0.25) is 11.0 Å². The minimum Gasteiger partial charge on any atom is -0.497 e. The van der Waals surface area contributed by atoms with Crippen LogP contribution < -0.4 is 15.0 Å². The summed E-state index contributed by atoms with van der Waals surface area (Å²) in [6.07, 6.45) is 0.0119. The van der Waals surface area contributed by atoms with Gasteiger partial charge in [0.15, 0.2) is 3.95 Å². The van der Waals surface area contributed by atoms with Gasteiger partial charge in [0.25, 0.3) is 5.91 Å². The molecule has 0 radical (unpaired) electrons. The lowest BCUT2D eigenvalue weighted by Crippen LogP contribution is -2.31. The first-order valence-electron chi connectivity index (χ1n) is 8.90. The Bertz CT molecular complexity index is 1150. The Labute approximate surface area is 176 Å². The first-order valence-corrected chi connectivity index (χ1v) is 10.1. The largest absolute Gasteiger partial charge is 0.497 e. The van der Waals surface area contributed by atoms with Crippen LogP contribution >= 0.6 is 23.6 Å². The number of hydrogen-bond acceptors (Lipinski definition) is 7. The number of methoxy groups -OCH3 is 1. The molecule has 1 atom stereocenters. The van der Waals surface area contributed by atoms with Gasteiger partial charge in [-0.1, -0.05) is 29.5 Å². The third kappa shape index (κ3) is 3.79. The van der Waals surface area contributed by atoms with Crippen LogP contribution in [0.1, 0.15) is 18.0 Å². The first kappa shape index (κ1) is 19.3. The number of anilines is 3. The Morgan fingerprint density at radius 1 is 1.21 bits per heavy atom. The minimum atomic E-state index is -0.759. The lowest BCUT2D eigenvalue weighted by atomic mass is 10.2. The Hall–Kier alpha value is -3.04. The van der Waals surface area contributed by atoms with E-state index in [1.807, 2.05) is 31.2 Å². The highest BCUT2D eigenvalue weighted by atomic mass is 32.1. The molecular formula is C20H18N4O3S2. The smallest absolute Gasteiger partial charge is 0.259 e. The van der Waals surface area contributed by atoms with Gasteiger partial charge in [0, 0.05) is 11.8 Å². The Morgan fingerprint density at radius 3 is 2.76 bits per heavy atom. The first-order chi connectivity index (χ1) is 14.0. The van der Waals surface area contributed by atoms with Crippen LogP contribution in [0.25, 0.3) is 0 Å². The van der Waals surface area contributed by atoms with E-state index in [0.717, 1.165) is 11.3 Å². The molecule has 0 spiro atoms. The summed E-state index contributed by atoms with van der Waals surface area (Å²) in [5, 5.41) is 8.24. The maximum Gasteiger partial charge on any atom is 0.259 e. The van der Waals surface area contributed by atoms with Crippen molar-refractivity contribution in [3.05, 3.63) is 58.0 Å². The number of nitrogens with zero attached hydrogens (tertiary/aromatic N) is 3. The van der Waals surface area contributed by atoms with Crippen LogP contribution in [-0.2, 0) is 9.59 Å². The number of nitrogens with one attached hydrogen (secondary N) is 1. The number of carbonyl (C=O) groups is 2. The van der Waals surface area contributed by atoms with Gasteiger partial charge in [-0.2, -0.15) is 0 Å². The molecule has 1 aromatic heterocycles. The fraction of sp³-hybridized carbons (Fsp3) is 0.200. The van der Waals surface area contributed by atoms with Crippen molar-refractivity contribution in [1.82, 2.24) is 9.78 Å². The number of rotatable bonds is 5. The van der Waals surface area contributed by atoms with Gasteiger partial charge in [-0.3, -0.25) is 9.59 Å². The van der Waals surface area contributed by atoms with Gasteiger partial charge < -0.3 is 10.1 Å². The molecule has 148 valence electrons. The molecule has 1 N–H and O–H groups in total. The minimum absolute atomic E-state index is 0.0119. The lowest BCUT2D eigenvalue weighted by molar-refractivity contribution is -0.122. The van der Waals surface area contributed by atoms with Crippen molar-refractivity contribution in [2.75, 3.05) is 17.3 Å². The van der Waals surface area contributed by atoms with Gasteiger partial charge in [0.05, 0.1) is 19.2 Å². The van der Waals surface area contributed by atoms with Crippen LogP contribution in [0, 0.1) is 10.9 Å². The summed E-state index contributed by atoms with van der Waals surface area (Å²) in [6.45, 7) is 2.00. The Kier molecular flexibility index (Phi) is 5.16. The maximum atomic E-state index is 13.0. The average Bonchev–Trinajstić information content (AvgIpc) is 3.20. The van der Waals surface area contributed by atoms with E-state index < -0.39 is 6.04 Å². The number of benzene rings is 2. The van der Waals surface area contributed by atoms with Crippen LogP contribution in [0.3, 0.4) is 0 Å². The van der Waals surface area contributed by atoms with Crippen LogP contribution in [0.2, 0.25) is 0 Å². The van der Waals surface area contributed by atoms with Crippen molar-refractivity contribution in [2.24, 2.45) is 0 Å². The zero-order chi connectivity index (χ0) is 20.5. The molecule has 0 unspecified atom stereocenters. The number of aryl methyl sites for hydroxylation is 1. The van der Waals surface area contributed by atoms with Gasteiger partial charge in [-0.05, 0) is 49.0 Å². The second-order valence-corrected chi connectivity index (χ2v) is 8.22. The van der Waals surface area contributed by atoms with Gasteiger partial charge in [-0.15, -0.1) is 5.10 Å². The fourth-order valence-corrected chi connectivity index (χ4v) is 4.34. The summed E-state index contributed by atoms with van der Waals surface area (Å²) in [5.41, 5.74) is 2.47. The van der Waals surface area contributed by atoms with E-state index in [1.165, 1.54) is 28.0 Å². The van der Waals surface area contributed by atoms with Gasteiger partial charge >= 0.3 is 0 Å². The molecule has 0 saturated carbocycles. The number of carbonyl (C=O) groups excluding carboxylic acids is 2. The maximum absolute atomic E-state index is 13.0. The summed E-state index contributed by atoms with van der Waals surface area (Å²) < 4.78 is 7.08. The molecule has 0 aliphatic carbocycles. The van der Waals surface area contributed by atoms with Crippen molar-refractivity contribution in [3.8, 4) is 5.75 Å². The molecule has 1 fully saturated rings. The zero-order valence-corrected chi connectivity index (χ0v) is 17.4. The third-order valence-corrected chi connectivity index (χ3v) is 5.74. The van der Waals surface area contributed by atoms with E-state index in [-0.39, 0.29) is 18.2 Å². The summed E-state index contributed by atoms with van der Waals surface area (Å²) >= 11 is 6.68. The molecule has 4 rings (SSSR count). The van der Waals surface area contributed by atoms with Crippen LogP contribution in [-0.4, -0.2) is 28.7 Å². The molecule has 1 aliphatic rings. The standard InChI is InChI=1S/C20H18N4O3S2/c1-12-5-3-6-13(9-12)21-19-22-24(20(28)29-19)16-11-17(25)23(18(16)26)14-7-4-8-15(10-14)27-2/h3-10,16H,11H2,1-2H3,(H,21,22)/t16-/m0/s1. The Morgan fingerprint density at radius 2 is 2.00 bits per heavy atom. The second kappa shape index (κ2) is 7.76. The fourth-order valence-electron chi connectivity index (χ4n) is 3.21. The third-order valence-electron chi connectivity index (χ3n) is 4.57. The number of imide groups is 1. The molecule has 1 aliphatic heterocycles. The predicted molar refractivity (Wildman–Crippen MR) is 115 cm³/mol. The van der Waals surface area contributed by atoms with Crippen molar-refractivity contribution in [3.63, 3.8) is 0 Å². The second-order valence-electron chi connectivity index (χ2n) is 6.60. The lowest BCUT2D eigenvalue weighted by Gasteiger charge is -2.15. The number of hydrogen-bond donors (Lipinski definition) is 1. The van der Waals surface area contributed by atoms with Crippen LogP contribution in [0.5, 0.6) is 5.75 Å². The average molecular weight is 427 g/mol. The number of aromatic nitrogens is 2. The molecule has 2 heterocycles. The van der Waals surface area contributed by atoms with E-state index in [0.29, 0.717) is 20.5 Å². The summed E-state index contributed by atoms with van der Waals surface area (Å²) in [5.74, 6) is -0.0791. The summed E-state index contributed by atoms with van der Waals surface area (Å²) in [7, 11) is 1.53. The van der Waals surface area contributed by atoms with E-state index in [9.17, 15) is 9.59 Å². The molecular weight excluding hydrogens is 408 g/mol. The van der Waals surface area contributed by atoms with Crippen LogP contribution in [0.4, 0.5) is 16.5 Å². The highest BCUT2D eigenvalue weighted by molar-refractivity contribution is 7.73. The van der Waals surface area contributed by atoms with Gasteiger partial charge in [0.1, 0.15) is 11.8 Å². The van der Waals surface area contributed by atoms with Crippen molar-refractivity contribution in [1.29, 1.82) is 0 Å². The molecule has 0 bridgehead atoms. The molecule has 3 aromatic rings. The highest BCUT2D eigenvalue weighted by Crippen LogP contribution is 2.33. The van der Waals surface area contributed by atoms with E-state index in [4.69, 9.17) is 17.0 Å². The highest BCUT2D eigenvalue weighted by Gasteiger charge is 2.42. The topological polar surface area (TPSA) is 76.5 Å². The molecule has 29 heavy (non-hydrogen) atoms. The van der Waals surface area contributed by atoms with E-state index >= 15 is 0 Å². The molecule has 2 amide bonds. The molecule has 7 nitrogen and oxygen atoms in total. The van der Waals surface area contributed by atoms with E-state index in [2.05, 4.69) is 10.4 Å². The quantitative estimate of drug-likeness (QED) is 0.486. The normalized spacial score (nSPS) is 16.3. The van der Waals surface area contributed by atoms with Crippen molar-refractivity contribution >= 4 is 51.9 Å². The zero-order valence-electron chi connectivity index (χ0n) is 15.8. The summed E-state index contributed by atoms with van der Waals surface area (Å²) in [6, 6.07) is 14.0. The molecule has 2 aromatic carbocycles. The van der Waals surface area contributed by atoms with E-state index in [1.54, 1.807) is 24.3 Å². The summed E-state index contributed by atoms with van der Waals surface area (Å²) in [4.78, 5) is 26.8. The SMILES string of the molecule is COc1cccc(N2C(=O)C[C@H](n3nc(Nc4cccc(C)c4)sc3=S)C2=O)c1.